The number of hydrogen-bond donors (Lipinski definition) is 0. The Morgan fingerprint density at radius 1 is 0.318 bits per heavy atom. The first kappa shape index (κ1) is 45.4. The maximum Gasteiger partial charge on any atom is 0.0761 e. The number of rotatable bonds is 0. The highest BCUT2D eigenvalue weighted by molar-refractivity contribution is 5.82. The van der Waals surface area contributed by atoms with Crippen molar-refractivity contribution in [3.63, 3.8) is 0 Å². The molecule has 0 aliphatic rings. The lowest BCUT2D eigenvalue weighted by molar-refractivity contribution is 1.21. The molecular weight excluding hydrogens is 817 g/mol. The van der Waals surface area contributed by atoms with Gasteiger partial charge in [0.05, 0.1) is 33.1 Å². The van der Waals surface area contributed by atoms with Gasteiger partial charge in [0.1, 0.15) is 0 Å². The summed E-state index contributed by atoms with van der Waals surface area (Å²) in [4.78, 5) is 49.9. The van der Waals surface area contributed by atoms with E-state index in [0.29, 0.717) is 0 Å². The summed E-state index contributed by atoms with van der Waals surface area (Å²) >= 11 is 0. The Morgan fingerprint density at radius 3 is 1.73 bits per heavy atom. The number of nitrogens with zero attached hydrogens (tertiary/aromatic N) is 12. The molecule has 12 aromatic heterocycles. The molecule has 0 aliphatic heterocycles. The van der Waals surface area contributed by atoms with Crippen molar-refractivity contribution in [3.05, 3.63) is 218 Å². The zero-order valence-electron chi connectivity index (χ0n) is 37.7. The maximum absolute atomic E-state index is 4.34. The van der Waals surface area contributed by atoms with Gasteiger partial charge < -0.3 is 0 Å². The second kappa shape index (κ2) is 22.6. The van der Waals surface area contributed by atoms with Crippen molar-refractivity contribution in [2.24, 2.45) is 0 Å². The van der Waals surface area contributed by atoms with Gasteiger partial charge in [-0.15, -0.1) is 0 Å². The van der Waals surface area contributed by atoms with E-state index in [1.54, 1.807) is 43.4 Å². The fraction of sp³-hybridized carbons (Fsp3) is 0.111. The average molecular weight is 865 g/mol. The molecule has 0 aliphatic carbocycles. The standard InChI is InChI=1S/6C9H8N2/c1-7-2-5-11-9-3-4-10-6-8(7)9;1-7-4-8-6-10-3-2-9(8)11-5-7;1-7-2-3-8-6-10-5-4-9(8)11-7;1-7-8-3-2-5-11-9(8)4-6-10-7;1-7-5-10-6-8-3-2-4-11-9(7)8;1-7-5-9-8(6-11-7)3-2-4-10-9/h6*2-6H,1H3. The van der Waals surface area contributed by atoms with E-state index in [1.807, 2.05) is 169 Å². The first-order chi connectivity index (χ1) is 32.2. The monoisotopic (exact) mass is 864 g/mol. The summed E-state index contributed by atoms with van der Waals surface area (Å²) in [5, 5.41) is 6.67. The Hall–Kier alpha value is -8.64. The van der Waals surface area contributed by atoms with Crippen LogP contribution in [0, 0.1) is 41.5 Å². The third-order valence-corrected chi connectivity index (χ3v) is 10.1. The summed E-state index contributed by atoms with van der Waals surface area (Å²) in [6, 6.07) is 29.6. The van der Waals surface area contributed by atoms with Crippen LogP contribution in [0.4, 0.5) is 0 Å². The quantitative estimate of drug-likeness (QED) is 0.142. The molecule has 0 saturated carbocycles. The van der Waals surface area contributed by atoms with E-state index in [2.05, 4.69) is 72.8 Å². The smallest absolute Gasteiger partial charge is 0.0761 e. The Balaban J connectivity index is 0.000000118. The molecule has 324 valence electrons. The van der Waals surface area contributed by atoms with Crippen molar-refractivity contribution < 1.29 is 0 Å². The molecule has 0 bridgehead atoms. The lowest BCUT2D eigenvalue weighted by Crippen LogP contribution is -1.83. The van der Waals surface area contributed by atoms with Crippen LogP contribution in [-0.2, 0) is 0 Å². The second-order valence-electron chi connectivity index (χ2n) is 15.1. The van der Waals surface area contributed by atoms with Crippen molar-refractivity contribution in [3.8, 4) is 0 Å². The lowest BCUT2D eigenvalue weighted by atomic mass is 10.2. The van der Waals surface area contributed by atoms with E-state index in [0.717, 1.165) is 88.1 Å². The Morgan fingerprint density at radius 2 is 0.939 bits per heavy atom. The molecular formula is C54H48N12. The van der Waals surface area contributed by atoms with Crippen molar-refractivity contribution >= 4 is 65.4 Å². The molecule has 12 heterocycles. The van der Waals surface area contributed by atoms with Gasteiger partial charge in [0.25, 0.3) is 0 Å². The molecule has 0 spiro atoms. The minimum Gasteiger partial charge on any atom is -0.264 e. The molecule has 0 aromatic carbocycles. The number of fused-ring (bicyclic) bond motifs is 6. The molecule has 0 radical (unpaired) electrons. The van der Waals surface area contributed by atoms with Gasteiger partial charge in [-0.05, 0) is 149 Å². The summed E-state index contributed by atoms with van der Waals surface area (Å²) in [7, 11) is 0. The lowest BCUT2D eigenvalue weighted by Gasteiger charge is -1.97. The fourth-order valence-electron chi connectivity index (χ4n) is 6.63. The van der Waals surface area contributed by atoms with Crippen LogP contribution < -0.4 is 0 Å². The summed E-state index contributed by atoms with van der Waals surface area (Å²) in [5.41, 5.74) is 12.7. The zero-order valence-corrected chi connectivity index (χ0v) is 37.7. The number of aryl methyl sites for hydroxylation is 6. The Kier molecular flexibility index (Phi) is 15.6. The third-order valence-electron chi connectivity index (χ3n) is 10.1. The molecule has 0 saturated heterocycles. The average Bonchev–Trinajstić information content (AvgIpc) is 3.35. The highest BCUT2D eigenvalue weighted by atomic mass is 14.7. The van der Waals surface area contributed by atoms with Crippen LogP contribution in [0.2, 0.25) is 0 Å². The van der Waals surface area contributed by atoms with Gasteiger partial charge in [-0.25, -0.2) is 0 Å². The van der Waals surface area contributed by atoms with Gasteiger partial charge in [-0.2, -0.15) is 0 Å². The van der Waals surface area contributed by atoms with Crippen molar-refractivity contribution in [1.29, 1.82) is 0 Å². The van der Waals surface area contributed by atoms with Crippen molar-refractivity contribution in [2.75, 3.05) is 0 Å². The predicted octanol–water partition coefficient (Wildman–Crippen LogP) is 11.6. The normalized spacial score (nSPS) is 10.3. The van der Waals surface area contributed by atoms with Crippen LogP contribution in [0.1, 0.15) is 33.8 Å². The van der Waals surface area contributed by atoms with Crippen molar-refractivity contribution in [1.82, 2.24) is 59.8 Å². The second-order valence-corrected chi connectivity index (χ2v) is 15.1. The van der Waals surface area contributed by atoms with Crippen LogP contribution in [0.5, 0.6) is 0 Å². The zero-order chi connectivity index (χ0) is 46.1. The topological polar surface area (TPSA) is 155 Å². The fourth-order valence-corrected chi connectivity index (χ4v) is 6.63. The first-order valence-electron chi connectivity index (χ1n) is 21.2. The summed E-state index contributed by atoms with van der Waals surface area (Å²) < 4.78 is 0. The van der Waals surface area contributed by atoms with Crippen LogP contribution in [0.3, 0.4) is 0 Å². The third kappa shape index (κ3) is 12.5. The van der Waals surface area contributed by atoms with E-state index in [9.17, 15) is 0 Å². The molecule has 0 atom stereocenters. The van der Waals surface area contributed by atoms with Gasteiger partial charge in [-0.3, -0.25) is 59.8 Å². The molecule has 12 aromatic rings. The Bertz CT molecular complexity index is 3090. The van der Waals surface area contributed by atoms with E-state index < -0.39 is 0 Å². The van der Waals surface area contributed by atoms with Gasteiger partial charge in [0.2, 0.25) is 0 Å². The minimum atomic E-state index is 1.01. The molecule has 0 fully saturated rings. The van der Waals surface area contributed by atoms with Gasteiger partial charge in [0.15, 0.2) is 0 Å². The molecule has 0 amide bonds. The Labute approximate surface area is 383 Å². The maximum atomic E-state index is 4.34. The van der Waals surface area contributed by atoms with Crippen LogP contribution >= 0.6 is 0 Å². The van der Waals surface area contributed by atoms with Gasteiger partial charge in [-0.1, -0.05) is 0 Å². The molecule has 12 heteroatoms. The van der Waals surface area contributed by atoms with E-state index >= 15 is 0 Å². The van der Waals surface area contributed by atoms with Crippen molar-refractivity contribution in [2.45, 2.75) is 41.5 Å². The molecule has 12 nitrogen and oxygen atoms in total. The summed E-state index contributed by atoms with van der Waals surface area (Å²) in [6.45, 7) is 12.0. The predicted molar refractivity (Wildman–Crippen MR) is 266 cm³/mol. The van der Waals surface area contributed by atoms with Gasteiger partial charge in [0, 0.05) is 142 Å². The van der Waals surface area contributed by atoms with Gasteiger partial charge >= 0.3 is 0 Å². The summed E-state index contributed by atoms with van der Waals surface area (Å²) in [5.74, 6) is 0. The van der Waals surface area contributed by atoms with E-state index in [1.165, 1.54) is 11.1 Å². The SMILES string of the molecule is Cc1cc2ncccc2cn1.Cc1ccc2cnccc2n1.Cc1ccnc2ccncc12.Cc1cnc2ccncc2c1.Cc1cncc2cccnc12.Cc1nccc2ncccc12. The number of aromatic nitrogens is 12. The van der Waals surface area contributed by atoms with E-state index in [4.69, 9.17) is 0 Å². The summed E-state index contributed by atoms with van der Waals surface area (Å²) in [6.07, 6.45) is 27.1. The largest absolute Gasteiger partial charge is 0.264 e. The molecule has 0 N–H and O–H groups in total. The highest BCUT2D eigenvalue weighted by Gasteiger charge is 1.98. The van der Waals surface area contributed by atoms with Crippen LogP contribution in [0.15, 0.2) is 184 Å². The molecule has 0 unspecified atom stereocenters. The van der Waals surface area contributed by atoms with Crippen LogP contribution in [-0.4, -0.2) is 59.8 Å². The van der Waals surface area contributed by atoms with Crippen LogP contribution in [0.25, 0.3) is 65.4 Å². The minimum absolute atomic E-state index is 1.01. The molecule has 12 rings (SSSR count). The first-order valence-corrected chi connectivity index (χ1v) is 21.2. The number of hydrogen-bond acceptors (Lipinski definition) is 12. The molecule has 66 heavy (non-hydrogen) atoms. The highest BCUT2D eigenvalue weighted by Crippen LogP contribution is 2.15. The van der Waals surface area contributed by atoms with E-state index in [-0.39, 0.29) is 0 Å². The number of pyridine rings is 12.